The number of hydrogen-bond acceptors (Lipinski definition) is 5. The zero-order chi connectivity index (χ0) is 18.6. The highest BCUT2D eigenvalue weighted by molar-refractivity contribution is 5.91. The molecule has 2 aliphatic heterocycles. The Morgan fingerprint density at radius 3 is 2.63 bits per heavy atom. The molecule has 2 aromatic carbocycles. The van der Waals surface area contributed by atoms with Gasteiger partial charge in [-0.3, -0.25) is 4.79 Å². The van der Waals surface area contributed by atoms with Crippen molar-refractivity contribution in [3.05, 3.63) is 59.7 Å². The standard InChI is InChI=1S/C21H21NO5/c23-20(14-27-21(24)15-5-2-1-3-6-15)22-10-4-7-17(22)16-8-9-18-19(13-16)26-12-11-25-18/h1-3,5-6,8-9,13,17H,4,7,10-12,14H2. The topological polar surface area (TPSA) is 65.1 Å². The Balaban J connectivity index is 1.42. The van der Waals surface area contributed by atoms with E-state index in [-0.39, 0.29) is 18.6 Å². The minimum atomic E-state index is -0.487. The number of hydrogen-bond donors (Lipinski definition) is 0. The van der Waals surface area contributed by atoms with Crippen LogP contribution in [-0.4, -0.2) is 43.1 Å². The van der Waals surface area contributed by atoms with Gasteiger partial charge in [0.2, 0.25) is 0 Å². The predicted molar refractivity (Wildman–Crippen MR) is 97.8 cm³/mol. The summed E-state index contributed by atoms with van der Waals surface area (Å²) in [7, 11) is 0. The lowest BCUT2D eigenvalue weighted by atomic mass is 10.0. The summed E-state index contributed by atoms with van der Waals surface area (Å²) in [4.78, 5) is 26.5. The van der Waals surface area contributed by atoms with Gasteiger partial charge in [-0.15, -0.1) is 0 Å². The van der Waals surface area contributed by atoms with Gasteiger partial charge in [-0.1, -0.05) is 24.3 Å². The fraction of sp³-hybridized carbons (Fsp3) is 0.333. The zero-order valence-electron chi connectivity index (χ0n) is 14.9. The Morgan fingerprint density at radius 2 is 1.81 bits per heavy atom. The first-order chi connectivity index (χ1) is 13.2. The monoisotopic (exact) mass is 367 g/mol. The Bertz CT molecular complexity index is 836. The molecule has 0 saturated carbocycles. The average Bonchev–Trinajstić information content (AvgIpc) is 3.22. The number of ether oxygens (including phenoxy) is 3. The number of nitrogens with zero attached hydrogens (tertiary/aromatic N) is 1. The Morgan fingerprint density at radius 1 is 1.04 bits per heavy atom. The van der Waals surface area contributed by atoms with Crippen molar-refractivity contribution >= 4 is 11.9 Å². The van der Waals surface area contributed by atoms with E-state index in [1.165, 1.54) is 0 Å². The van der Waals surface area contributed by atoms with Crippen LogP contribution >= 0.6 is 0 Å². The van der Waals surface area contributed by atoms with Crippen LogP contribution in [0.1, 0.15) is 34.8 Å². The van der Waals surface area contributed by atoms with Gasteiger partial charge in [0.25, 0.3) is 5.91 Å². The van der Waals surface area contributed by atoms with Gasteiger partial charge in [-0.05, 0) is 42.7 Å². The Kier molecular flexibility index (Phi) is 4.96. The molecule has 0 aromatic heterocycles. The Labute approximate surface area is 157 Å². The average molecular weight is 367 g/mol. The third-order valence-electron chi connectivity index (χ3n) is 4.86. The molecule has 0 spiro atoms. The van der Waals surface area contributed by atoms with Crippen LogP contribution in [-0.2, 0) is 9.53 Å². The molecular formula is C21H21NO5. The minimum absolute atomic E-state index is 0.0382. The van der Waals surface area contributed by atoms with Crippen molar-refractivity contribution in [3.63, 3.8) is 0 Å². The molecule has 1 unspecified atom stereocenters. The molecule has 0 radical (unpaired) electrons. The summed E-state index contributed by atoms with van der Waals surface area (Å²) in [5.41, 5.74) is 1.45. The van der Waals surface area contributed by atoms with Crippen LogP contribution in [0.2, 0.25) is 0 Å². The van der Waals surface area contributed by atoms with Gasteiger partial charge in [0.15, 0.2) is 18.1 Å². The molecule has 140 valence electrons. The summed E-state index contributed by atoms with van der Waals surface area (Å²) >= 11 is 0. The van der Waals surface area contributed by atoms with Crippen LogP contribution in [0.15, 0.2) is 48.5 Å². The van der Waals surface area contributed by atoms with E-state index in [9.17, 15) is 9.59 Å². The number of esters is 1. The molecule has 6 heteroatoms. The lowest BCUT2D eigenvalue weighted by Crippen LogP contribution is -2.34. The predicted octanol–water partition coefficient (Wildman–Crippen LogP) is 2.98. The van der Waals surface area contributed by atoms with E-state index < -0.39 is 5.97 Å². The maximum absolute atomic E-state index is 12.6. The van der Waals surface area contributed by atoms with E-state index in [0.717, 1.165) is 24.2 Å². The molecule has 2 aromatic rings. The normalized spacial score (nSPS) is 18.2. The summed E-state index contributed by atoms with van der Waals surface area (Å²) in [6.07, 6.45) is 1.79. The van der Waals surface area contributed by atoms with Crippen molar-refractivity contribution in [2.75, 3.05) is 26.4 Å². The number of benzene rings is 2. The molecule has 27 heavy (non-hydrogen) atoms. The van der Waals surface area contributed by atoms with Gasteiger partial charge < -0.3 is 19.1 Å². The van der Waals surface area contributed by atoms with Gasteiger partial charge in [0.1, 0.15) is 13.2 Å². The third-order valence-corrected chi connectivity index (χ3v) is 4.86. The van der Waals surface area contributed by atoms with Crippen LogP contribution in [0.5, 0.6) is 11.5 Å². The van der Waals surface area contributed by atoms with E-state index in [2.05, 4.69) is 0 Å². The summed E-state index contributed by atoms with van der Waals surface area (Å²) < 4.78 is 16.4. The summed E-state index contributed by atoms with van der Waals surface area (Å²) in [6, 6.07) is 14.4. The fourth-order valence-corrected chi connectivity index (χ4v) is 3.55. The molecule has 0 bridgehead atoms. The van der Waals surface area contributed by atoms with Gasteiger partial charge in [-0.2, -0.15) is 0 Å². The largest absolute Gasteiger partial charge is 0.486 e. The van der Waals surface area contributed by atoms with Crippen LogP contribution in [0, 0.1) is 0 Å². The summed E-state index contributed by atoms with van der Waals surface area (Å²) in [5, 5.41) is 0. The van der Waals surface area contributed by atoms with Crippen LogP contribution < -0.4 is 9.47 Å². The lowest BCUT2D eigenvalue weighted by molar-refractivity contribution is -0.135. The number of carbonyl (C=O) groups excluding carboxylic acids is 2. The number of rotatable bonds is 4. The van der Waals surface area contributed by atoms with E-state index >= 15 is 0 Å². The smallest absolute Gasteiger partial charge is 0.338 e. The number of fused-ring (bicyclic) bond motifs is 1. The van der Waals surface area contributed by atoms with Gasteiger partial charge >= 0.3 is 5.97 Å². The first kappa shape index (κ1) is 17.4. The highest BCUT2D eigenvalue weighted by atomic mass is 16.6. The second kappa shape index (κ2) is 7.70. The summed E-state index contributed by atoms with van der Waals surface area (Å²) in [5.74, 6) is 0.780. The summed E-state index contributed by atoms with van der Waals surface area (Å²) in [6.45, 7) is 1.47. The van der Waals surface area contributed by atoms with Gasteiger partial charge in [0, 0.05) is 6.54 Å². The van der Waals surface area contributed by atoms with E-state index in [4.69, 9.17) is 14.2 Å². The van der Waals surface area contributed by atoms with Crippen molar-refractivity contribution in [2.24, 2.45) is 0 Å². The molecule has 1 amide bonds. The molecule has 2 aliphatic rings. The minimum Gasteiger partial charge on any atom is -0.486 e. The molecule has 6 nitrogen and oxygen atoms in total. The SMILES string of the molecule is O=C(OCC(=O)N1CCCC1c1ccc2c(c1)OCCO2)c1ccccc1. The molecule has 1 atom stereocenters. The highest BCUT2D eigenvalue weighted by Crippen LogP contribution is 2.38. The van der Waals surface area contributed by atoms with Crippen molar-refractivity contribution in [3.8, 4) is 11.5 Å². The molecule has 0 aliphatic carbocycles. The van der Waals surface area contributed by atoms with Gasteiger partial charge in [0.05, 0.1) is 11.6 Å². The van der Waals surface area contributed by atoms with Crippen molar-refractivity contribution in [2.45, 2.75) is 18.9 Å². The quantitative estimate of drug-likeness (QED) is 0.778. The van der Waals surface area contributed by atoms with Crippen molar-refractivity contribution < 1.29 is 23.8 Å². The van der Waals surface area contributed by atoms with E-state index in [1.54, 1.807) is 29.2 Å². The first-order valence-corrected chi connectivity index (χ1v) is 9.13. The third kappa shape index (κ3) is 3.74. The Hall–Kier alpha value is -3.02. The van der Waals surface area contributed by atoms with Gasteiger partial charge in [-0.25, -0.2) is 4.79 Å². The van der Waals surface area contributed by atoms with Crippen molar-refractivity contribution in [1.82, 2.24) is 4.90 Å². The fourth-order valence-electron chi connectivity index (χ4n) is 3.55. The molecule has 4 rings (SSSR count). The molecule has 0 N–H and O–H groups in total. The van der Waals surface area contributed by atoms with E-state index in [0.29, 0.717) is 31.1 Å². The maximum atomic E-state index is 12.6. The molecular weight excluding hydrogens is 346 g/mol. The second-order valence-corrected chi connectivity index (χ2v) is 6.59. The molecule has 2 heterocycles. The van der Waals surface area contributed by atoms with Crippen LogP contribution in [0.3, 0.4) is 0 Å². The van der Waals surface area contributed by atoms with E-state index in [1.807, 2.05) is 24.3 Å². The van der Waals surface area contributed by atoms with Crippen LogP contribution in [0.25, 0.3) is 0 Å². The maximum Gasteiger partial charge on any atom is 0.338 e. The number of likely N-dealkylation sites (tertiary alicyclic amines) is 1. The highest BCUT2D eigenvalue weighted by Gasteiger charge is 2.31. The molecule has 1 fully saturated rings. The lowest BCUT2D eigenvalue weighted by Gasteiger charge is -2.26. The second-order valence-electron chi connectivity index (χ2n) is 6.59. The first-order valence-electron chi connectivity index (χ1n) is 9.13. The van der Waals surface area contributed by atoms with Crippen molar-refractivity contribution in [1.29, 1.82) is 0 Å². The zero-order valence-corrected chi connectivity index (χ0v) is 14.9. The van der Waals surface area contributed by atoms with Crippen LogP contribution in [0.4, 0.5) is 0 Å². The number of carbonyl (C=O) groups is 2. The molecule has 1 saturated heterocycles. The number of amides is 1.